The van der Waals surface area contributed by atoms with Gasteiger partial charge in [0.05, 0.1) is 18.6 Å². The minimum absolute atomic E-state index is 0.225. The van der Waals surface area contributed by atoms with Crippen LogP contribution in [0.3, 0.4) is 0 Å². The van der Waals surface area contributed by atoms with Gasteiger partial charge in [-0.25, -0.2) is 4.68 Å². The molecule has 0 aromatic carbocycles. The van der Waals surface area contributed by atoms with E-state index in [1.54, 1.807) is 0 Å². The van der Waals surface area contributed by atoms with Gasteiger partial charge in [0.1, 0.15) is 0 Å². The van der Waals surface area contributed by atoms with Crippen molar-refractivity contribution >= 4 is 5.91 Å². The third-order valence-electron chi connectivity index (χ3n) is 6.61. The van der Waals surface area contributed by atoms with Crippen molar-refractivity contribution in [2.45, 2.75) is 70.0 Å². The normalized spacial score (nSPS) is 24.1. The van der Waals surface area contributed by atoms with Crippen LogP contribution in [0.25, 0.3) is 0 Å². The second-order valence-corrected chi connectivity index (χ2v) is 8.50. The van der Waals surface area contributed by atoms with Crippen LogP contribution < -0.4 is 0 Å². The fourth-order valence-corrected chi connectivity index (χ4v) is 4.50. The standard InChI is InChI=1S/C19H33N7O/c1-15(19-20-21-22-26(19)17-8-9-17)25-12-10-24(11-13-25)14-18(27)23(2)16-6-4-3-5-7-16/h15-17H,3-14H2,1-2H3/t15-/m0/s1. The molecule has 1 aliphatic heterocycles. The van der Waals surface area contributed by atoms with Crippen molar-refractivity contribution < 1.29 is 4.79 Å². The van der Waals surface area contributed by atoms with E-state index in [9.17, 15) is 4.79 Å². The summed E-state index contributed by atoms with van der Waals surface area (Å²) in [4.78, 5) is 19.4. The maximum Gasteiger partial charge on any atom is 0.236 e. The Hall–Kier alpha value is -1.54. The first-order chi connectivity index (χ1) is 13.1. The van der Waals surface area contributed by atoms with Gasteiger partial charge in [-0.05, 0) is 43.0 Å². The summed E-state index contributed by atoms with van der Waals surface area (Å²) >= 11 is 0. The highest BCUT2D eigenvalue weighted by Gasteiger charge is 2.32. The van der Waals surface area contributed by atoms with Crippen LogP contribution in [-0.2, 0) is 4.79 Å². The molecule has 1 aromatic heterocycles. The molecule has 27 heavy (non-hydrogen) atoms. The number of likely N-dealkylation sites (N-methyl/N-ethyl adjacent to an activating group) is 1. The zero-order chi connectivity index (χ0) is 18.8. The highest BCUT2D eigenvalue weighted by molar-refractivity contribution is 5.78. The van der Waals surface area contributed by atoms with Gasteiger partial charge in [-0.3, -0.25) is 14.6 Å². The van der Waals surface area contributed by atoms with Gasteiger partial charge in [0, 0.05) is 39.3 Å². The first-order valence-electron chi connectivity index (χ1n) is 10.6. The van der Waals surface area contributed by atoms with Crippen LogP contribution in [0, 0.1) is 0 Å². The number of hydrogen-bond donors (Lipinski definition) is 0. The van der Waals surface area contributed by atoms with Crippen LogP contribution >= 0.6 is 0 Å². The lowest BCUT2D eigenvalue weighted by Crippen LogP contribution is -2.51. The molecule has 3 aliphatic rings. The summed E-state index contributed by atoms with van der Waals surface area (Å²) in [7, 11) is 1.99. The van der Waals surface area contributed by atoms with Crippen molar-refractivity contribution in [3.8, 4) is 0 Å². The molecule has 0 spiro atoms. The molecule has 3 fully saturated rings. The van der Waals surface area contributed by atoms with Gasteiger partial charge in [0.25, 0.3) is 0 Å². The summed E-state index contributed by atoms with van der Waals surface area (Å²) in [6.45, 7) is 6.52. The third kappa shape index (κ3) is 4.32. The molecule has 2 saturated carbocycles. The van der Waals surface area contributed by atoms with E-state index in [-0.39, 0.29) is 11.9 Å². The highest BCUT2D eigenvalue weighted by Crippen LogP contribution is 2.36. The zero-order valence-corrected chi connectivity index (χ0v) is 16.8. The van der Waals surface area contributed by atoms with Crippen molar-refractivity contribution in [2.75, 3.05) is 39.8 Å². The van der Waals surface area contributed by atoms with Gasteiger partial charge in [-0.2, -0.15) is 0 Å². The smallest absolute Gasteiger partial charge is 0.236 e. The van der Waals surface area contributed by atoms with Crippen molar-refractivity contribution in [3.63, 3.8) is 0 Å². The number of rotatable bonds is 6. The summed E-state index contributed by atoms with van der Waals surface area (Å²) in [5.74, 6) is 1.26. The first kappa shape index (κ1) is 18.8. The Balaban J connectivity index is 1.26. The summed E-state index contributed by atoms with van der Waals surface area (Å²) in [6.07, 6.45) is 8.57. The van der Waals surface area contributed by atoms with E-state index in [4.69, 9.17) is 0 Å². The molecule has 150 valence electrons. The summed E-state index contributed by atoms with van der Waals surface area (Å²) in [5, 5.41) is 12.4. The lowest BCUT2D eigenvalue weighted by atomic mass is 9.94. The molecule has 4 rings (SSSR count). The van der Waals surface area contributed by atoms with Crippen molar-refractivity contribution in [1.82, 2.24) is 34.9 Å². The van der Waals surface area contributed by atoms with Gasteiger partial charge in [0.2, 0.25) is 5.91 Å². The van der Waals surface area contributed by atoms with E-state index in [0.717, 1.165) is 32.0 Å². The minimum Gasteiger partial charge on any atom is -0.342 e. The molecular weight excluding hydrogens is 342 g/mol. The lowest BCUT2D eigenvalue weighted by Gasteiger charge is -2.38. The molecule has 0 radical (unpaired) electrons. The molecule has 8 nitrogen and oxygen atoms in total. The van der Waals surface area contributed by atoms with E-state index in [0.29, 0.717) is 18.6 Å². The van der Waals surface area contributed by atoms with E-state index >= 15 is 0 Å². The number of aromatic nitrogens is 4. The number of amides is 1. The van der Waals surface area contributed by atoms with E-state index in [1.807, 2.05) is 16.6 Å². The second kappa shape index (κ2) is 8.22. The van der Waals surface area contributed by atoms with Crippen LogP contribution in [0.4, 0.5) is 0 Å². The molecular formula is C19H33N7O. The largest absolute Gasteiger partial charge is 0.342 e. The van der Waals surface area contributed by atoms with Gasteiger partial charge in [-0.1, -0.05) is 19.3 Å². The monoisotopic (exact) mass is 375 g/mol. The average Bonchev–Trinajstić information content (AvgIpc) is 3.44. The Kier molecular flexibility index (Phi) is 5.73. The maximum absolute atomic E-state index is 12.7. The summed E-state index contributed by atoms with van der Waals surface area (Å²) < 4.78 is 2.01. The number of carbonyl (C=O) groups is 1. The van der Waals surface area contributed by atoms with E-state index < -0.39 is 0 Å². The van der Waals surface area contributed by atoms with Crippen LogP contribution in [0.5, 0.6) is 0 Å². The molecule has 1 amide bonds. The fourth-order valence-electron chi connectivity index (χ4n) is 4.50. The lowest BCUT2D eigenvalue weighted by molar-refractivity contribution is -0.134. The Morgan fingerprint density at radius 1 is 1.11 bits per heavy atom. The molecule has 1 saturated heterocycles. The Bertz CT molecular complexity index is 630. The minimum atomic E-state index is 0.225. The van der Waals surface area contributed by atoms with Gasteiger partial charge in [-0.15, -0.1) is 5.10 Å². The topological polar surface area (TPSA) is 70.4 Å². The first-order valence-corrected chi connectivity index (χ1v) is 10.6. The van der Waals surface area contributed by atoms with E-state index in [2.05, 4.69) is 32.2 Å². The number of tetrazole rings is 1. The predicted octanol–water partition coefficient (Wildman–Crippen LogP) is 1.48. The van der Waals surface area contributed by atoms with Crippen LogP contribution in [0.15, 0.2) is 0 Å². The van der Waals surface area contributed by atoms with Crippen molar-refractivity contribution in [3.05, 3.63) is 5.82 Å². The average molecular weight is 376 g/mol. The highest BCUT2D eigenvalue weighted by atomic mass is 16.2. The van der Waals surface area contributed by atoms with Crippen LogP contribution in [-0.4, -0.2) is 86.6 Å². The molecule has 0 bridgehead atoms. The van der Waals surface area contributed by atoms with Crippen LogP contribution in [0.1, 0.15) is 69.8 Å². The predicted molar refractivity (Wildman–Crippen MR) is 102 cm³/mol. The molecule has 1 aromatic rings. The van der Waals surface area contributed by atoms with E-state index in [1.165, 1.54) is 44.9 Å². The molecule has 8 heteroatoms. The van der Waals surface area contributed by atoms with Gasteiger partial charge < -0.3 is 4.90 Å². The summed E-state index contributed by atoms with van der Waals surface area (Å²) in [5.41, 5.74) is 0. The van der Waals surface area contributed by atoms with Gasteiger partial charge in [0.15, 0.2) is 5.82 Å². The molecule has 2 heterocycles. The Morgan fingerprint density at radius 3 is 2.48 bits per heavy atom. The number of piperazine rings is 1. The molecule has 1 atom stereocenters. The third-order valence-corrected chi connectivity index (χ3v) is 6.61. The number of carbonyl (C=O) groups excluding carboxylic acids is 1. The second-order valence-electron chi connectivity index (χ2n) is 8.50. The number of hydrogen-bond acceptors (Lipinski definition) is 6. The molecule has 0 unspecified atom stereocenters. The zero-order valence-electron chi connectivity index (χ0n) is 16.8. The summed E-state index contributed by atoms with van der Waals surface area (Å²) in [6, 6.07) is 1.18. The van der Waals surface area contributed by atoms with Gasteiger partial charge >= 0.3 is 0 Å². The number of nitrogens with zero attached hydrogens (tertiary/aromatic N) is 7. The molecule has 0 N–H and O–H groups in total. The van der Waals surface area contributed by atoms with Crippen molar-refractivity contribution in [2.24, 2.45) is 0 Å². The van der Waals surface area contributed by atoms with Crippen LogP contribution in [0.2, 0.25) is 0 Å². The maximum atomic E-state index is 12.7. The Morgan fingerprint density at radius 2 is 1.81 bits per heavy atom. The Labute approximate surface area is 161 Å². The fraction of sp³-hybridized carbons (Fsp3) is 0.895. The quantitative estimate of drug-likeness (QED) is 0.750. The SMILES string of the molecule is C[C@@H](c1nnnn1C1CC1)N1CCN(CC(=O)N(C)C2CCCCC2)CC1. The molecule has 2 aliphatic carbocycles. The van der Waals surface area contributed by atoms with Crippen molar-refractivity contribution in [1.29, 1.82) is 0 Å².